The molecule has 0 N–H and O–H groups in total. The second-order valence-corrected chi connectivity index (χ2v) is 3.50. The summed E-state index contributed by atoms with van der Waals surface area (Å²) in [7, 11) is 0.951. The van der Waals surface area contributed by atoms with Crippen molar-refractivity contribution in [3.05, 3.63) is 21.9 Å². The maximum absolute atomic E-state index is 12.4. The summed E-state index contributed by atoms with van der Waals surface area (Å²) in [6, 6.07) is 0. The number of hydrogen-bond acceptors (Lipinski definition) is 2. The van der Waals surface area contributed by atoms with Gasteiger partial charge in [0.1, 0.15) is 0 Å². The van der Waals surface area contributed by atoms with Gasteiger partial charge in [-0.25, -0.2) is 13.8 Å². The Morgan fingerprint density at radius 2 is 1.94 bits per heavy atom. The molecule has 1 heterocycles. The Labute approximate surface area is 95.6 Å². The molecule has 1 aromatic rings. The fourth-order valence-electron chi connectivity index (χ4n) is 1.02. The summed E-state index contributed by atoms with van der Waals surface area (Å²) in [6.45, 7) is 0. The largest absolute Gasteiger partial charge is 0.493 e. The summed E-state index contributed by atoms with van der Waals surface area (Å²) >= 11 is 2.64. The molecule has 1 rings (SSSR count). The van der Waals surface area contributed by atoms with E-state index in [1.807, 2.05) is 0 Å². The average Bonchev–Trinajstić information content (AvgIpc) is 2.15. The van der Waals surface area contributed by atoms with Crippen LogP contribution in [0.15, 0.2) is 10.7 Å². The quantitative estimate of drug-likeness (QED) is 0.775. The Kier molecular flexibility index (Phi) is 3.72. The number of pyridine rings is 1. The molecular weight excluding hydrogens is 301 g/mol. The van der Waals surface area contributed by atoms with Gasteiger partial charge in [0.25, 0.3) is 6.43 Å². The lowest BCUT2D eigenvalue weighted by Gasteiger charge is -2.14. The van der Waals surface area contributed by atoms with Gasteiger partial charge >= 0.3 is 6.18 Å². The molecule has 0 aliphatic rings. The second kappa shape index (κ2) is 4.52. The lowest BCUT2D eigenvalue weighted by atomic mass is 10.2. The molecule has 0 saturated heterocycles. The van der Waals surface area contributed by atoms with Gasteiger partial charge in [-0.3, -0.25) is 0 Å². The molecule has 1 aromatic heterocycles. The number of ether oxygens (including phenoxy) is 1. The van der Waals surface area contributed by atoms with Crippen LogP contribution < -0.4 is 4.74 Å². The van der Waals surface area contributed by atoms with Crippen LogP contribution in [0.1, 0.15) is 17.7 Å². The minimum absolute atomic E-state index is 0.438. The molecule has 8 heteroatoms. The van der Waals surface area contributed by atoms with Crippen molar-refractivity contribution in [1.82, 2.24) is 4.98 Å². The summed E-state index contributed by atoms with van der Waals surface area (Å²) in [4.78, 5) is 2.94. The van der Waals surface area contributed by atoms with Gasteiger partial charge in [-0.15, -0.1) is 0 Å². The zero-order chi connectivity index (χ0) is 12.5. The van der Waals surface area contributed by atoms with Crippen LogP contribution in [0.5, 0.6) is 5.75 Å². The first-order chi connectivity index (χ1) is 7.29. The van der Waals surface area contributed by atoms with Crippen molar-refractivity contribution in [3.8, 4) is 5.75 Å². The molecule has 0 saturated carbocycles. The predicted molar refractivity (Wildman–Crippen MR) is 48.4 cm³/mol. The van der Waals surface area contributed by atoms with Crippen LogP contribution in [-0.4, -0.2) is 12.1 Å². The second-order valence-electron chi connectivity index (χ2n) is 2.71. The summed E-state index contributed by atoms with van der Waals surface area (Å²) in [6.07, 6.45) is -7.22. The molecule has 0 atom stereocenters. The Balaban J connectivity index is 3.41. The smallest absolute Gasteiger partial charge is 0.437 e. The van der Waals surface area contributed by atoms with Gasteiger partial charge < -0.3 is 4.74 Å². The van der Waals surface area contributed by atoms with Crippen LogP contribution in [0, 0.1) is 0 Å². The van der Waals surface area contributed by atoms with Crippen molar-refractivity contribution < 1.29 is 26.7 Å². The lowest BCUT2D eigenvalue weighted by Crippen LogP contribution is -2.11. The minimum Gasteiger partial charge on any atom is -0.493 e. The number of methoxy groups -OCH3 is 1. The van der Waals surface area contributed by atoms with E-state index in [0.29, 0.717) is 6.20 Å². The highest BCUT2D eigenvalue weighted by atomic mass is 79.9. The lowest BCUT2D eigenvalue weighted by molar-refractivity contribution is -0.142. The standard InChI is InChI=1S/C8H5BrF5NO/c1-16-5-4(9)3(7(10)11)2-15-6(5)8(12,13)14/h2,7H,1H3. The third-order valence-corrected chi connectivity index (χ3v) is 2.53. The van der Waals surface area contributed by atoms with Crippen molar-refractivity contribution in [2.24, 2.45) is 0 Å². The van der Waals surface area contributed by atoms with E-state index < -0.39 is 34.1 Å². The summed E-state index contributed by atoms with van der Waals surface area (Å²) in [5.74, 6) is -0.745. The van der Waals surface area contributed by atoms with E-state index in [2.05, 4.69) is 25.7 Å². The monoisotopic (exact) mass is 305 g/mol. The molecule has 0 amide bonds. The number of alkyl halides is 5. The zero-order valence-electron chi connectivity index (χ0n) is 7.78. The van der Waals surface area contributed by atoms with Crippen LogP contribution in [0.3, 0.4) is 0 Å². The Morgan fingerprint density at radius 1 is 1.38 bits per heavy atom. The third kappa shape index (κ3) is 2.42. The van der Waals surface area contributed by atoms with E-state index in [4.69, 9.17) is 0 Å². The maximum Gasteiger partial charge on any atom is 0.437 e. The van der Waals surface area contributed by atoms with Gasteiger partial charge in [0.15, 0.2) is 11.4 Å². The molecular formula is C8H5BrF5NO. The average molecular weight is 306 g/mol. The van der Waals surface area contributed by atoms with E-state index in [1.165, 1.54) is 0 Å². The molecule has 90 valence electrons. The molecule has 0 unspecified atom stereocenters. The highest BCUT2D eigenvalue weighted by molar-refractivity contribution is 9.10. The van der Waals surface area contributed by atoms with Gasteiger partial charge in [0.05, 0.1) is 17.1 Å². The van der Waals surface area contributed by atoms with Crippen molar-refractivity contribution in [3.63, 3.8) is 0 Å². The van der Waals surface area contributed by atoms with Crippen LogP contribution in [0.2, 0.25) is 0 Å². The molecule has 0 bridgehead atoms. The maximum atomic E-state index is 12.4. The fraction of sp³-hybridized carbons (Fsp3) is 0.375. The summed E-state index contributed by atoms with van der Waals surface area (Å²) in [5.41, 5.74) is -1.99. The normalized spacial score (nSPS) is 12.0. The Hall–Kier alpha value is -0.920. The molecule has 0 aromatic carbocycles. The number of aromatic nitrogens is 1. The molecule has 0 spiro atoms. The topological polar surface area (TPSA) is 22.1 Å². The number of rotatable bonds is 2. The van der Waals surface area contributed by atoms with Crippen LogP contribution in [0.4, 0.5) is 22.0 Å². The molecule has 0 radical (unpaired) electrons. The summed E-state index contributed by atoms with van der Waals surface area (Å²) < 4.78 is 65.9. The molecule has 16 heavy (non-hydrogen) atoms. The van der Waals surface area contributed by atoms with Gasteiger partial charge in [-0.05, 0) is 15.9 Å². The first-order valence-corrected chi connectivity index (χ1v) is 4.66. The number of hydrogen-bond donors (Lipinski definition) is 0. The Bertz CT molecular complexity index is 393. The molecule has 2 nitrogen and oxygen atoms in total. The van der Waals surface area contributed by atoms with E-state index in [-0.39, 0.29) is 0 Å². The van der Waals surface area contributed by atoms with E-state index in [9.17, 15) is 22.0 Å². The SMILES string of the molecule is COc1c(C(F)(F)F)ncc(C(F)F)c1Br. The number of nitrogens with zero attached hydrogens (tertiary/aromatic N) is 1. The van der Waals surface area contributed by atoms with E-state index in [1.54, 1.807) is 0 Å². The van der Waals surface area contributed by atoms with Gasteiger partial charge in [-0.1, -0.05) is 0 Å². The molecule has 0 aliphatic heterocycles. The highest BCUT2D eigenvalue weighted by Crippen LogP contribution is 2.42. The van der Waals surface area contributed by atoms with E-state index in [0.717, 1.165) is 7.11 Å². The van der Waals surface area contributed by atoms with E-state index >= 15 is 0 Å². The molecule has 0 fully saturated rings. The van der Waals surface area contributed by atoms with Crippen molar-refractivity contribution in [1.29, 1.82) is 0 Å². The summed E-state index contributed by atoms with van der Waals surface area (Å²) in [5, 5.41) is 0. The van der Waals surface area contributed by atoms with Crippen molar-refractivity contribution in [2.75, 3.05) is 7.11 Å². The highest BCUT2D eigenvalue weighted by Gasteiger charge is 2.38. The fourth-order valence-corrected chi connectivity index (χ4v) is 1.65. The number of halogens is 6. The molecule has 0 aliphatic carbocycles. The van der Waals surface area contributed by atoms with Crippen LogP contribution in [-0.2, 0) is 6.18 Å². The van der Waals surface area contributed by atoms with Crippen LogP contribution >= 0.6 is 15.9 Å². The van der Waals surface area contributed by atoms with Crippen molar-refractivity contribution >= 4 is 15.9 Å². The van der Waals surface area contributed by atoms with Crippen molar-refractivity contribution in [2.45, 2.75) is 12.6 Å². The van der Waals surface area contributed by atoms with Crippen LogP contribution in [0.25, 0.3) is 0 Å². The van der Waals surface area contributed by atoms with Gasteiger partial charge in [0.2, 0.25) is 0 Å². The minimum atomic E-state index is -4.76. The first kappa shape index (κ1) is 13.1. The van der Waals surface area contributed by atoms with Gasteiger partial charge in [0, 0.05) is 6.20 Å². The van der Waals surface area contributed by atoms with Gasteiger partial charge in [-0.2, -0.15) is 13.2 Å². The predicted octanol–water partition coefficient (Wildman–Crippen LogP) is 3.81. The Morgan fingerprint density at radius 3 is 2.31 bits per heavy atom. The first-order valence-electron chi connectivity index (χ1n) is 3.86. The third-order valence-electron chi connectivity index (χ3n) is 1.71. The zero-order valence-corrected chi connectivity index (χ0v) is 9.36.